The molecule has 1 unspecified atom stereocenters. The second kappa shape index (κ2) is 5.38. The van der Waals surface area contributed by atoms with Crippen molar-refractivity contribution in [1.82, 2.24) is 15.2 Å². The van der Waals surface area contributed by atoms with E-state index in [1.807, 2.05) is 20.2 Å². The number of hydrazine groups is 1. The lowest BCUT2D eigenvalue weighted by Crippen LogP contribution is -2.29. The van der Waals surface area contributed by atoms with Crippen molar-refractivity contribution in [3.63, 3.8) is 0 Å². The van der Waals surface area contributed by atoms with Gasteiger partial charge < -0.3 is 4.74 Å². The van der Waals surface area contributed by atoms with Crippen LogP contribution < -0.4 is 16.0 Å². The second-order valence-electron chi connectivity index (χ2n) is 4.33. The standard InChI is InChI=1S/C13H17FN4O/c1-8-11(7-18(2)17-8)13(16-15)10-5-4-9(19-3)6-12(10)14/h4-7,13,16H,15H2,1-3H3. The van der Waals surface area contributed by atoms with Gasteiger partial charge in [-0.05, 0) is 13.0 Å². The van der Waals surface area contributed by atoms with Crippen LogP contribution in [-0.2, 0) is 7.05 Å². The first-order chi connectivity index (χ1) is 9.06. The maximum atomic E-state index is 14.1. The summed E-state index contributed by atoms with van der Waals surface area (Å²) in [7, 11) is 3.31. The zero-order chi connectivity index (χ0) is 14.0. The number of benzene rings is 1. The van der Waals surface area contributed by atoms with Crippen molar-refractivity contribution in [1.29, 1.82) is 0 Å². The number of aromatic nitrogens is 2. The van der Waals surface area contributed by atoms with Crippen molar-refractivity contribution in [2.75, 3.05) is 7.11 Å². The smallest absolute Gasteiger partial charge is 0.132 e. The molecule has 102 valence electrons. The first-order valence-corrected chi connectivity index (χ1v) is 5.86. The van der Waals surface area contributed by atoms with Crippen molar-refractivity contribution in [2.45, 2.75) is 13.0 Å². The Morgan fingerprint density at radius 2 is 2.16 bits per heavy atom. The van der Waals surface area contributed by atoms with Crippen LogP contribution in [0.25, 0.3) is 0 Å². The number of aryl methyl sites for hydroxylation is 2. The molecule has 0 aliphatic rings. The average molecular weight is 264 g/mol. The molecule has 5 nitrogen and oxygen atoms in total. The summed E-state index contributed by atoms with van der Waals surface area (Å²) in [6.45, 7) is 1.86. The molecule has 0 saturated heterocycles. The third kappa shape index (κ3) is 2.59. The van der Waals surface area contributed by atoms with Gasteiger partial charge in [0.2, 0.25) is 0 Å². The molecule has 19 heavy (non-hydrogen) atoms. The van der Waals surface area contributed by atoms with E-state index >= 15 is 0 Å². The molecule has 6 heteroatoms. The highest BCUT2D eigenvalue weighted by molar-refractivity contribution is 5.37. The van der Waals surface area contributed by atoms with Crippen molar-refractivity contribution in [3.8, 4) is 5.75 Å². The zero-order valence-electron chi connectivity index (χ0n) is 11.1. The number of hydrogen-bond acceptors (Lipinski definition) is 4. The maximum Gasteiger partial charge on any atom is 0.132 e. The Morgan fingerprint density at radius 3 is 2.63 bits per heavy atom. The van der Waals surface area contributed by atoms with Gasteiger partial charge >= 0.3 is 0 Å². The maximum absolute atomic E-state index is 14.1. The van der Waals surface area contributed by atoms with Crippen molar-refractivity contribution < 1.29 is 9.13 Å². The van der Waals surface area contributed by atoms with Crippen LogP contribution in [0, 0.1) is 12.7 Å². The lowest BCUT2D eigenvalue weighted by molar-refractivity contribution is 0.410. The fraction of sp³-hybridized carbons (Fsp3) is 0.308. The molecule has 1 aromatic heterocycles. The van der Waals surface area contributed by atoms with Crippen LogP contribution in [0.15, 0.2) is 24.4 Å². The topological polar surface area (TPSA) is 65.1 Å². The Balaban J connectivity index is 2.45. The second-order valence-corrected chi connectivity index (χ2v) is 4.33. The number of nitrogens with one attached hydrogen (secondary N) is 1. The minimum absolute atomic E-state index is 0.370. The summed E-state index contributed by atoms with van der Waals surface area (Å²) in [5.74, 6) is 5.67. The summed E-state index contributed by atoms with van der Waals surface area (Å²) >= 11 is 0. The number of nitrogens with zero attached hydrogens (tertiary/aromatic N) is 2. The molecule has 0 fully saturated rings. The largest absolute Gasteiger partial charge is 0.497 e. The molecule has 1 atom stereocenters. The molecule has 0 radical (unpaired) electrons. The van der Waals surface area contributed by atoms with Crippen LogP contribution in [0.5, 0.6) is 5.75 Å². The highest BCUT2D eigenvalue weighted by Gasteiger charge is 2.20. The van der Waals surface area contributed by atoms with Crippen molar-refractivity contribution in [3.05, 3.63) is 47.0 Å². The lowest BCUT2D eigenvalue weighted by atomic mass is 9.99. The van der Waals surface area contributed by atoms with Crippen molar-refractivity contribution >= 4 is 0 Å². The van der Waals surface area contributed by atoms with E-state index in [-0.39, 0.29) is 5.82 Å². The van der Waals surface area contributed by atoms with E-state index in [2.05, 4.69) is 10.5 Å². The Labute approximate surface area is 111 Å². The SMILES string of the molecule is COc1ccc(C(NN)c2cn(C)nc2C)c(F)c1. The van der Waals surface area contributed by atoms with E-state index < -0.39 is 6.04 Å². The zero-order valence-corrected chi connectivity index (χ0v) is 11.1. The Morgan fingerprint density at radius 1 is 1.42 bits per heavy atom. The van der Waals surface area contributed by atoms with E-state index in [1.54, 1.807) is 16.8 Å². The molecule has 2 rings (SSSR count). The molecule has 3 N–H and O–H groups in total. The molecule has 1 heterocycles. The highest BCUT2D eigenvalue weighted by Crippen LogP contribution is 2.27. The van der Waals surface area contributed by atoms with Gasteiger partial charge in [0.25, 0.3) is 0 Å². The molecular weight excluding hydrogens is 247 g/mol. The number of ether oxygens (including phenoxy) is 1. The Bertz CT molecular complexity index is 582. The van der Waals surface area contributed by atoms with Crippen LogP contribution in [-0.4, -0.2) is 16.9 Å². The van der Waals surface area contributed by atoms with Gasteiger partial charge in [0.05, 0.1) is 18.8 Å². The van der Waals surface area contributed by atoms with Gasteiger partial charge in [-0.1, -0.05) is 6.07 Å². The molecule has 0 spiro atoms. The third-order valence-corrected chi connectivity index (χ3v) is 3.05. The predicted octanol–water partition coefficient (Wildman–Crippen LogP) is 1.43. The summed E-state index contributed by atoms with van der Waals surface area (Å²) in [5.41, 5.74) is 4.74. The van der Waals surface area contributed by atoms with E-state index in [4.69, 9.17) is 10.6 Å². The van der Waals surface area contributed by atoms with Crippen LogP contribution in [0.2, 0.25) is 0 Å². The van der Waals surface area contributed by atoms with Crippen LogP contribution in [0.3, 0.4) is 0 Å². The molecule has 0 aliphatic carbocycles. The Hall–Kier alpha value is -1.92. The van der Waals surface area contributed by atoms with Gasteiger partial charge in [-0.3, -0.25) is 10.5 Å². The quantitative estimate of drug-likeness (QED) is 0.647. The first kappa shape index (κ1) is 13.5. The summed E-state index contributed by atoms with van der Waals surface area (Å²) in [4.78, 5) is 0. The fourth-order valence-electron chi connectivity index (χ4n) is 2.12. The minimum atomic E-state index is -0.445. The van der Waals surface area contributed by atoms with Gasteiger partial charge in [0.15, 0.2) is 0 Å². The molecule has 0 saturated carbocycles. The third-order valence-electron chi connectivity index (χ3n) is 3.05. The lowest BCUT2D eigenvalue weighted by Gasteiger charge is -2.17. The molecule has 0 bridgehead atoms. The van der Waals surface area contributed by atoms with E-state index in [9.17, 15) is 4.39 Å². The average Bonchev–Trinajstić information content (AvgIpc) is 2.71. The van der Waals surface area contributed by atoms with Gasteiger partial charge in [0, 0.05) is 30.4 Å². The molecule has 0 aliphatic heterocycles. The van der Waals surface area contributed by atoms with Crippen LogP contribution in [0.1, 0.15) is 22.9 Å². The van der Waals surface area contributed by atoms with Crippen LogP contribution >= 0.6 is 0 Å². The fourth-order valence-corrected chi connectivity index (χ4v) is 2.12. The molecule has 0 amide bonds. The van der Waals surface area contributed by atoms with E-state index in [0.29, 0.717) is 11.3 Å². The number of rotatable bonds is 4. The van der Waals surface area contributed by atoms with E-state index in [0.717, 1.165) is 11.3 Å². The van der Waals surface area contributed by atoms with Crippen LogP contribution in [0.4, 0.5) is 4.39 Å². The molecular formula is C13H17FN4O. The number of methoxy groups -OCH3 is 1. The predicted molar refractivity (Wildman–Crippen MR) is 70.1 cm³/mol. The van der Waals surface area contributed by atoms with Crippen molar-refractivity contribution in [2.24, 2.45) is 12.9 Å². The molecule has 1 aromatic carbocycles. The monoisotopic (exact) mass is 264 g/mol. The number of hydrogen-bond donors (Lipinski definition) is 2. The van der Waals surface area contributed by atoms with Gasteiger partial charge in [-0.25, -0.2) is 9.82 Å². The van der Waals surface area contributed by atoms with E-state index in [1.165, 1.54) is 13.2 Å². The normalized spacial score (nSPS) is 12.5. The summed E-state index contributed by atoms with van der Waals surface area (Å²) in [6, 6.07) is 4.25. The summed E-state index contributed by atoms with van der Waals surface area (Å²) in [6.07, 6.45) is 1.82. The molecule has 2 aromatic rings. The number of halogens is 1. The number of nitrogens with two attached hydrogens (primary N) is 1. The Kier molecular flexibility index (Phi) is 3.82. The highest BCUT2D eigenvalue weighted by atomic mass is 19.1. The minimum Gasteiger partial charge on any atom is -0.497 e. The summed E-state index contributed by atoms with van der Waals surface area (Å²) in [5, 5.41) is 4.24. The first-order valence-electron chi connectivity index (χ1n) is 5.86. The van der Waals surface area contributed by atoms with Gasteiger partial charge in [-0.15, -0.1) is 0 Å². The van der Waals surface area contributed by atoms with Gasteiger partial charge in [0.1, 0.15) is 11.6 Å². The summed E-state index contributed by atoms with van der Waals surface area (Å²) < 4.78 is 20.8. The van der Waals surface area contributed by atoms with Gasteiger partial charge in [-0.2, -0.15) is 5.10 Å².